The molecule has 1 aromatic heterocycles. The van der Waals surface area contributed by atoms with E-state index < -0.39 is 21.7 Å². The SMILES string of the molecule is CCN(CC)S(=O)(=O)c1ccc(F)c(C(=O)Nc2nc3c(C)cccc3s2)c1. The number of sulfonamides is 1. The Morgan fingerprint density at radius 1 is 1.21 bits per heavy atom. The van der Waals surface area contributed by atoms with Gasteiger partial charge in [-0.05, 0) is 36.8 Å². The van der Waals surface area contributed by atoms with Gasteiger partial charge in [-0.3, -0.25) is 10.1 Å². The molecule has 148 valence electrons. The van der Waals surface area contributed by atoms with Crippen molar-refractivity contribution in [2.24, 2.45) is 0 Å². The summed E-state index contributed by atoms with van der Waals surface area (Å²) < 4.78 is 41.7. The monoisotopic (exact) mass is 421 g/mol. The summed E-state index contributed by atoms with van der Waals surface area (Å²) in [5.41, 5.74) is 1.39. The maximum atomic E-state index is 14.3. The molecule has 0 aliphatic carbocycles. The molecule has 0 fully saturated rings. The fraction of sp³-hybridized carbons (Fsp3) is 0.263. The first-order chi connectivity index (χ1) is 13.3. The topological polar surface area (TPSA) is 79.4 Å². The number of aryl methyl sites for hydroxylation is 1. The smallest absolute Gasteiger partial charge is 0.260 e. The second-order valence-corrected chi connectivity index (χ2v) is 9.09. The number of rotatable bonds is 6. The predicted molar refractivity (Wildman–Crippen MR) is 109 cm³/mol. The average molecular weight is 422 g/mol. The van der Waals surface area contributed by atoms with Crippen molar-refractivity contribution in [3.63, 3.8) is 0 Å². The second-order valence-electron chi connectivity index (χ2n) is 6.13. The number of nitrogens with one attached hydrogen (secondary N) is 1. The molecule has 0 unspecified atom stereocenters. The number of fused-ring (bicyclic) bond motifs is 1. The average Bonchev–Trinajstić information content (AvgIpc) is 3.06. The minimum Gasteiger partial charge on any atom is -0.298 e. The van der Waals surface area contributed by atoms with E-state index in [0.29, 0.717) is 5.13 Å². The van der Waals surface area contributed by atoms with Gasteiger partial charge in [0.05, 0.1) is 20.7 Å². The maximum Gasteiger partial charge on any atom is 0.260 e. The van der Waals surface area contributed by atoms with E-state index in [9.17, 15) is 17.6 Å². The lowest BCUT2D eigenvalue weighted by Crippen LogP contribution is -2.31. The van der Waals surface area contributed by atoms with Crippen molar-refractivity contribution in [3.05, 3.63) is 53.3 Å². The molecule has 0 spiro atoms. The number of anilines is 1. The fourth-order valence-electron chi connectivity index (χ4n) is 2.86. The molecule has 6 nitrogen and oxygen atoms in total. The van der Waals surface area contributed by atoms with Crippen molar-refractivity contribution >= 4 is 42.6 Å². The Labute approximate surface area is 167 Å². The molecule has 0 aliphatic rings. The van der Waals surface area contributed by atoms with Crippen molar-refractivity contribution in [2.45, 2.75) is 25.7 Å². The number of para-hydroxylation sites is 1. The van der Waals surface area contributed by atoms with Gasteiger partial charge in [-0.2, -0.15) is 4.31 Å². The zero-order chi connectivity index (χ0) is 20.5. The highest BCUT2D eigenvalue weighted by Crippen LogP contribution is 2.28. The number of carbonyl (C=O) groups excluding carboxylic acids is 1. The van der Waals surface area contributed by atoms with E-state index in [4.69, 9.17) is 0 Å². The summed E-state index contributed by atoms with van der Waals surface area (Å²) in [5.74, 6) is -1.54. The number of carbonyl (C=O) groups is 1. The van der Waals surface area contributed by atoms with Crippen LogP contribution in [0.1, 0.15) is 29.8 Å². The van der Waals surface area contributed by atoms with Gasteiger partial charge in [-0.1, -0.05) is 37.3 Å². The minimum atomic E-state index is -3.80. The van der Waals surface area contributed by atoms with Crippen molar-refractivity contribution in [2.75, 3.05) is 18.4 Å². The van der Waals surface area contributed by atoms with Crippen LogP contribution in [0.3, 0.4) is 0 Å². The third-order valence-corrected chi connectivity index (χ3v) is 7.35. The molecule has 0 bridgehead atoms. The van der Waals surface area contributed by atoms with Gasteiger partial charge in [0.25, 0.3) is 5.91 Å². The Bertz CT molecular complexity index is 1140. The lowest BCUT2D eigenvalue weighted by Gasteiger charge is -2.18. The van der Waals surface area contributed by atoms with E-state index >= 15 is 0 Å². The molecule has 0 aliphatic heterocycles. The number of hydrogen-bond acceptors (Lipinski definition) is 5. The van der Waals surface area contributed by atoms with Gasteiger partial charge < -0.3 is 0 Å². The normalized spacial score (nSPS) is 11.9. The van der Waals surface area contributed by atoms with E-state index in [-0.39, 0.29) is 23.5 Å². The van der Waals surface area contributed by atoms with Crippen LogP contribution in [-0.4, -0.2) is 36.7 Å². The molecule has 1 amide bonds. The molecule has 0 radical (unpaired) electrons. The summed E-state index contributed by atoms with van der Waals surface area (Å²) >= 11 is 1.27. The first-order valence-corrected chi connectivity index (χ1v) is 11.0. The standard InChI is InChI=1S/C19H20FN3O3S2/c1-4-23(5-2)28(25,26)13-9-10-15(20)14(11-13)18(24)22-19-21-17-12(3)7-6-8-16(17)27-19/h6-11H,4-5H2,1-3H3,(H,21,22,24). The highest BCUT2D eigenvalue weighted by molar-refractivity contribution is 7.89. The van der Waals surface area contributed by atoms with E-state index in [1.807, 2.05) is 25.1 Å². The van der Waals surface area contributed by atoms with Gasteiger partial charge in [-0.15, -0.1) is 0 Å². The van der Waals surface area contributed by atoms with Gasteiger partial charge in [0.15, 0.2) is 5.13 Å². The van der Waals surface area contributed by atoms with E-state index in [0.717, 1.165) is 27.9 Å². The van der Waals surface area contributed by atoms with Crippen molar-refractivity contribution in [1.29, 1.82) is 0 Å². The molecule has 0 atom stereocenters. The number of amides is 1. The Kier molecular flexibility index (Phi) is 5.78. The Hall–Kier alpha value is -2.36. The van der Waals surface area contributed by atoms with Gasteiger partial charge in [-0.25, -0.2) is 17.8 Å². The molecule has 2 aromatic carbocycles. The summed E-state index contributed by atoms with van der Waals surface area (Å²) in [6, 6.07) is 8.91. The van der Waals surface area contributed by atoms with Crippen LogP contribution in [0.2, 0.25) is 0 Å². The molecule has 3 aromatic rings. The third kappa shape index (κ3) is 3.78. The van der Waals surface area contributed by atoms with E-state index in [1.54, 1.807) is 13.8 Å². The van der Waals surface area contributed by atoms with Crippen molar-refractivity contribution < 1.29 is 17.6 Å². The summed E-state index contributed by atoms with van der Waals surface area (Å²) in [7, 11) is -3.80. The number of halogens is 1. The molecular formula is C19H20FN3O3S2. The van der Waals surface area contributed by atoms with Crippen LogP contribution in [-0.2, 0) is 10.0 Å². The second kappa shape index (κ2) is 7.94. The summed E-state index contributed by atoms with van der Waals surface area (Å²) in [5, 5.41) is 2.90. The van der Waals surface area contributed by atoms with Gasteiger partial charge >= 0.3 is 0 Å². The first-order valence-electron chi connectivity index (χ1n) is 8.75. The first kappa shape index (κ1) is 20.4. The summed E-state index contributed by atoms with van der Waals surface area (Å²) in [6.45, 7) is 5.90. The van der Waals surface area contributed by atoms with Crippen LogP contribution in [0, 0.1) is 12.7 Å². The zero-order valence-corrected chi connectivity index (χ0v) is 17.3. The number of aromatic nitrogens is 1. The Balaban J connectivity index is 1.94. The quantitative estimate of drug-likeness (QED) is 0.652. The third-order valence-electron chi connectivity index (χ3n) is 4.37. The fourth-order valence-corrected chi connectivity index (χ4v) is 5.28. The van der Waals surface area contributed by atoms with Crippen LogP contribution in [0.15, 0.2) is 41.3 Å². The molecule has 3 rings (SSSR count). The molecular weight excluding hydrogens is 401 g/mol. The largest absolute Gasteiger partial charge is 0.298 e. The number of benzene rings is 2. The van der Waals surface area contributed by atoms with Gasteiger partial charge in [0, 0.05) is 13.1 Å². The summed E-state index contributed by atoms with van der Waals surface area (Å²) in [6.07, 6.45) is 0. The highest BCUT2D eigenvalue weighted by atomic mass is 32.2. The van der Waals surface area contributed by atoms with E-state index in [2.05, 4.69) is 10.3 Å². The maximum absolute atomic E-state index is 14.3. The van der Waals surface area contributed by atoms with Crippen LogP contribution >= 0.6 is 11.3 Å². The highest BCUT2D eigenvalue weighted by Gasteiger charge is 2.24. The van der Waals surface area contributed by atoms with Crippen molar-refractivity contribution in [1.82, 2.24) is 9.29 Å². The lowest BCUT2D eigenvalue weighted by molar-refractivity contribution is 0.102. The van der Waals surface area contributed by atoms with Crippen LogP contribution < -0.4 is 5.32 Å². The lowest BCUT2D eigenvalue weighted by atomic mass is 10.2. The van der Waals surface area contributed by atoms with E-state index in [1.165, 1.54) is 21.7 Å². The summed E-state index contributed by atoms with van der Waals surface area (Å²) in [4.78, 5) is 16.8. The Morgan fingerprint density at radius 2 is 1.93 bits per heavy atom. The van der Waals surface area contributed by atoms with Crippen LogP contribution in [0.25, 0.3) is 10.2 Å². The molecule has 28 heavy (non-hydrogen) atoms. The van der Waals surface area contributed by atoms with Gasteiger partial charge in [0.1, 0.15) is 5.82 Å². The molecule has 0 saturated carbocycles. The minimum absolute atomic E-state index is 0.122. The number of hydrogen-bond donors (Lipinski definition) is 1. The molecule has 1 heterocycles. The van der Waals surface area contributed by atoms with Gasteiger partial charge in [0.2, 0.25) is 10.0 Å². The predicted octanol–water partition coefficient (Wildman–Crippen LogP) is 4.03. The Morgan fingerprint density at radius 3 is 2.57 bits per heavy atom. The van der Waals surface area contributed by atoms with Crippen molar-refractivity contribution in [3.8, 4) is 0 Å². The number of nitrogens with zero attached hydrogens (tertiary/aromatic N) is 2. The number of thiazole rings is 1. The molecule has 9 heteroatoms. The zero-order valence-electron chi connectivity index (χ0n) is 15.7. The molecule has 1 N–H and O–H groups in total. The van der Waals surface area contributed by atoms with Crippen LogP contribution in [0.4, 0.5) is 9.52 Å². The molecule has 0 saturated heterocycles. The van der Waals surface area contributed by atoms with Crippen LogP contribution in [0.5, 0.6) is 0 Å².